The van der Waals surface area contributed by atoms with Crippen LogP contribution in [-0.4, -0.2) is 48.9 Å². The Morgan fingerprint density at radius 3 is 2.45 bits per heavy atom. The van der Waals surface area contributed by atoms with Crippen LogP contribution in [0.25, 0.3) is 0 Å². The minimum absolute atomic E-state index is 0.219. The third-order valence-corrected chi connectivity index (χ3v) is 5.09. The van der Waals surface area contributed by atoms with Crippen molar-refractivity contribution in [3.63, 3.8) is 0 Å². The molecule has 3 nitrogen and oxygen atoms in total. The average molecular weight is 337 g/mol. The Hall–Kier alpha value is -0.870. The van der Waals surface area contributed by atoms with Gasteiger partial charge in [-0.15, -0.1) is 0 Å². The highest BCUT2D eigenvalue weighted by Crippen LogP contribution is 2.49. The zero-order valence-electron chi connectivity index (χ0n) is 11.9. The zero-order valence-corrected chi connectivity index (χ0v) is 13.5. The van der Waals surface area contributed by atoms with E-state index in [4.69, 9.17) is 0 Å². The lowest BCUT2D eigenvalue weighted by atomic mass is 9.94. The van der Waals surface area contributed by atoms with Gasteiger partial charge in [-0.25, -0.2) is 0 Å². The number of halogens is 1. The number of carbonyl (C=O) groups excluding carboxylic acids is 1. The molecule has 0 radical (unpaired) electrons. The second-order valence-corrected chi connectivity index (χ2v) is 6.95. The Morgan fingerprint density at radius 2 is 1.80 bits per heavy atom. The van der Waals surface area contributed by atoms with Crippen LogP contribution >= 0.6 is 15.9 Å². The van der Waals surface area contributed by atoms with Gasteiger partial charge in [0.1, 0.15) is 0 Å². The maximum absolute atomic E-state index is 12.9. The normalized spacial score (nSPS) is 22.4. The van der Waals surface area contributed by atoms with Gasteiger partial charge >= 0.3 is 0 Å². The molecule has 1 aromatic rings. The van der Waals surface area contributed by atoms with Crippen molar-refractivity contribution < 1.29 is 4.79 Å². The fourth-order valence-electron chi connectivity index (χ4n) is 3.07. The Kier molecular flexibility index (Phi) is 3.87. The molecule has 2 aliphatic rings. The maximum Gasteiger partial charge on any atom is 0.233 e. The molecule has 3 rings (SSSR count). The highest BCUT2D eigenvalue weighted by molar-refractivity contribution is 9.10. The van der Waals surface area contributed by atoms with Crippen molar-refractivity contribution in [1.29, 1.82) is 0 Å². The summed E-state index contributed by atoms with van der Waals surface area (Å²) in [6, 6.07) is 8.27. The number of benzene rings is 1. The summed E-state index contributed by atoms with van der Waals surface area (Å²) < 4.78 is 1.07. The van der Waals surface area contributed by atoms with Crippen molar-refractivity contribution in [2.45, 2.75) is 24.7 Å². The number of amides is 1. The lowest BCUT2D eigenvalue weighted by Gasteiger charge is -2.26. The summed E-state index contributed by atoms with van der Waals surface area (Å²) in [5, 5.41) is 0. The summed E-state index contributed by atoms with van der Waals surface area (Å²) in [4.78, 5) is 17.3. The van der Waals surface area contributed by atoms with E-state index in [2.05, 4.69) is 44.9 Å². The molecule has 1 aliphatic heterocycles. The van der Waals surface area contributed by atoms with E-state index >= 15 is 0 Å². The highest BCUT2D eigenvalue weighted by atomic mass is 79.9. The van der Waals surface area contributed by atoms with Crippen LogP contribution in [0.1, 0.15) is 24.8 Å². The first kappa shape index (κ1) is 14.1. The number of nitrogens with zero attached hydrogens (tertiary/aromatic N) is 2. The van der Waals surface area contributed by atoms with Crippen LogP contribution in [0, 0.1) is 0 Å². The van der Waals surface area contributed by atoms with Crippen molar-refractivity contribution in [2.24, 2.45) is 0 Å². The van der Waals surface area contributed by atoms with Crippen LogP contribution < -0.4 is 0 Å². The minimum Gasteiger partial charge on any atom is -0.341 e. The molecule has 0 N–H and O–H groups in total. The van der Waals surface area contributed by atoms with E-state index < -0.39 is 0 Å². The molecule has 0 atom stereocenters. The fourth-order valence-corrected chi connectivity index (χ4v) is 3.34. The number of likely N-dealkylation sites (N-methyl/N-ethyl adjacent to an activating group) is 1. The van der Waals surface area contributed by atoms with Crippen molar-refractivity contribution in [2.75, 3.05) is 33.2 Å². The highest BCUT2D eigenvalue weighted by Gasteiger charge is 2.52. The van der Waals surface area contributed by atoms with E-state index in [1.54, 1.807) is 0 Å². The van der Waals surface area contributed by atoms with Crippen LogP contribution in [0.2, 0.25) is 0 Å². The van der Waals surface area contributed by atoms with Crippen molar-refractivity contribution >= 4 is 21.8 Å². The SMILES string of the molecule is CN1CCCN(C(=O)C2(c3ccc(Br)cc3)CC2)CC1. The average Bonchev–Trinajstić information content (AvgIpc) is 3.24. The van der Waals surface area contributed by atoms with Crippen LogP contribution in [0.5, 0.6) is 0 Å². The van der Waals surface area contributed by atoms with Gasteiger partial charge in [-0.3, -0.25) is 4.79 Å². The van der Waals surface area contributed by atoms with Crippen LogP contribution in [-0.2, 0) is 10.2 Å². The van der Waals surface area contributed by atoms with Gasteiger partial charge in [0.25, 0.3) is 0 Å². The largest absolute Gasteiger partial charge is 0.341 e. The third-order valence-electron chi connectivity index (χ3n) is 4.56. The van der Waals surface area contributed by atoms with Crippen molar-refractivity contribution in [3.05, 3.63) is 34.3 Å². The first-order valence-electron chi connectivity index (χ1n) is 7.36. The standard InChI is InChI=1S/C16H21BrN2O/c1-18-9-2-10-19(12-11-18)15(20)16(7-8-16)13-3-5-14(17)6-4-13/h3-6H,2,7-12H2,1H3. The Labute approximate surface area is 129 Å². The molecular formula is C16H21BrN2O. The molecule has 1 aliphatic carbocycles. The van der Waals surface area contributed by atoms with Gasteiger partial charge in [0, 0.05) is 24.1 Å². The Morgan fingerprint density at radius 1 is 1.10 bits per heavy atom. The molecule has 20 heavy (non-hydrogen) atoms. The van der Waals surface area contributed by atoms with E-state index in [0.717, 1.165) is 49.9 Å². The predicted molar refractivity (Wildman–Crippen MR) is 83.7 cm³/mol. The quantitative estimate of drug-likeness (QED) is 0.828. The summed E-state index contributed by atoms with van der Waals surface area (Å²) >= 11 is 3.46. The van der Waals surface area contributed by atoms with Gasteiger partial charge in [0.05, 0.1) is 5.41 Å². The molecule has 1 saturated carbocycles. The lowest BCUT2D eigenvalue weighted by molar-refractivity contribution is -0.133. The first-order valence-corrected chi connectivity index (χ1v) is 8.15. The summed E-state index contributed by atoms with van der Waals surface area (Å²) in [6.07, 6.45) is 3.08. The molecule has 0 unspecified atom stereocenters. The van der Waals surface area contributed by atoms with Gasteiger partial charge in [-0.05, 0) is 50.6 Å². The van der Waals surface area contributed by atoms with E-state index in [1.165, 1.54) is 5.56 Å². The Balaban J connectivity index is 1.77. The van der Waals surface area contributed by atoms with E-state index in [9.17, 15) is 4.79 Å². The van der Waals surface area contributed by atoms with Gasteiger partial charge in [0.15, 0.2) is 0 Å². The number of hydrogen-bond donors (Lipinski definition) is 0. The summed E-state index contributed by atoms with van der Waals surface area (Å²) in [5.41, 5.74) is 0.965. The number of rotatable bonds is 2. The number of carbonyl (C=O) groups is 1. The Bertz CT molecular complexity index is 496. The monoisotopic (exact) mass is 336 g/mol. The second kappa shape index (κ2) is 5.49. The summed E-state index contributed by atoms with van der Waals surface area (Å²) in [6.45, 7) is 3.85. The maximum atomic E-state index is 12.9. The van der Waals surface area contributed by atoms with Gasteiger partial charge in [-0.1, -0.05) is 28.1 Å². The second-order valence-electron chi connectivity index (χ2n) is 6.04. The molecule has 1 heterocycles. The molecule has 4 heteroatoms. The minimum atomic E-state index is -0.219. The van der Waals surface area contributed by atoms with Gasteiger partial charge in [-0.2, -0.15) is 0 Å². The van der Waals surface area contributed by atoms with Crippen LogP contribution in [0.15, 0.2) is 28.7 Å². The summed E-state index contributed by atoms with van der Waals surface area (Å²) in [7, 11) is 2.13. The third kappa shape index (κ3) is 2.63. The first-order chi connectivity index (χ1) is 9.62. The van der Waals surface area contributed by atoms with E-state index in [-0.39, 0.29) is 5.41 Å². The topological polar surface area (TPSA) is 23.6 Å². The van der Waals surface area contributed by atoms with E-state index in [0.29, 0.717) is 5.91 Å². The van der Waals surface area contributed by atoms with Crippen molar-refractivity contribution in [1.82, 2.24) is 9.80 Å². The van der Waals surface area contributed by atoms with Crippen LogP contribution in [0.4, 0.5) is 0 Å². The smallest absolute Gasteiger partial charge is 0.233 e. The van der Waals surface area contributed by atoms with E-state index in [1.807, 2.05) is 12.1 Å². The van der Waals surface area contributed by atoms with Crippen LogP contribution in [0.3, 0.4) is 0 Å². The molecule has 0 aromatic heterocycles. The number of hydrogen-bond acceptors (Lipinski definition) is 2. The molecule has 0 spiro atoms. The molecule has 108 valence electrons. The lowest BCUT2D eigenvalue weighted by Crippen LogP contribution is -2.41. The predicted octanol–water partition coefficient (Wildman–Crippen LogP) is 2.64. The zero-order chi connectivity index (χ0) is 14.2. The fraction of sp³-hybridized carbons (Fsp3) is 0.562. The molecular weight excluding hydrogens is 316 g/mol. The summed E-state index contributed by atoms with van der Waals surface area (Å²) in [5.74, 6) is 0.343. The molecule has 1 saturated heterocycles. The van der Waals surface area contributed by atoms with Crippen molar-refractivity contribution in [3.8, 4) is 0 Å². The molecule has 1 amide bonds. The molecule has 1 aromatic carbocycles. The van der Waals surface area contributed by atoms with Gasteiger partial charge < -0.3 is 9.80 Å². The van der Waals surface area contributed by atoms with Gasteiger partial charge in [0.2, 0.25) is 5.91 Å². The molecule has 2 fully saturated rings. The molecule has 0 bridgehead atoms.